The Morgan fingerprint density at radius 2 is 1.31 bits per heavy atom. The van der Waals surface area contributed by atoms with E-state index in [1.807, 2.05) is 0 Å². The largest absolute Gasteiger partial charge is 0.414 e. The molecule has 0 spiro atoms. The third-order valence-corrected chi connectivity index (χ3v) is 24.3. The summed E-state index contributed by atoms with van der Waals surface area (Å²) in [6.45, 7) is 34.0. The Morgan fingerprint density at radius 3 is 1.94 bits per heavy atom. The molecule has 1 aliphatic heterocycles. The maximum absolute atomic E-state index is 7.33. The minimum atomic E-state index is -1.99. The van der Waals surface area contributed by atoms with Crippen molar-refractivity contribution < 1.29 is 23.1 Å². The fraction of sp³-hybridized carbons (Fsp3) is 0.854. The second-order valence-corrected chi connectivity index (χ2v) is 30.1. The number of hydrogen-bond donors (Lipinski definition) is 0. The van der Waals surface area contributed by atoms with E-state index in [2.05, 4.69) is 126 Å². The highest BCUT2D eigenvalue weighted by atomic mass is 28.4. The molecule has 5 fully saturated rings. The summed E-state index contributed by atoms with van der Waals surface area (Å²) in [5.74, 6) is 1.23. The SMILES string of the molecule is CC1(C)O[C@@H]2C3C(CC[C@@]4(C)C3CC[C@@H]4O[Si](C)(C)C(C)(C)C)[C@]3(C)C(C[C@@H](O[Si](C)(C)C(C)(C)C)C[C@@H]3OCc3ccccc3)[C@H]2O1. The quantitative estimate of drug-likeness (QED) is 0.265. The molecule has 1 aromatic carbocycles. The maximum atomic E-state index is 7.33. The highest BCUT2D eigenvalue weighted by Gasteiger charge is 2.71. The smallest absolute Gasteiger partial charge is 0.192 e. The number of hydrogen-bond acceptors (Lipinski definition) is 5. The third-order valence-electron chi connectivity index (χ3n) is 15.3. The lowest BCUT2D eigenvalue weighted by Crippen LogP contribution is -2.68. The van der Waals surface area contributed by atoms with Gasteiger partial charge in [-0.1, -0.05) is 85.7 Å². The molecular formula is C41H70O5Si2. The van der Waals surface area contributed by atoms with Gasteiger partial charge < -0.3 is 23.1 Å². The van der Waals surface area contributed by atoms with Crippen LogP contribution in [0.3, 0.4) is 0 Å². The van der Waals surface area contributed by atoms with Crippen LogP contribution in [0, 0.1) is 34.5 Å². The zero-order valence-corrected chi connectivity index (χ0v) is 35.1. The van der Waals surface area contributed by atoms with Crippen molar-refractivity contribution in [2.75, 3.05) is 0 Å². The summed E-state index contributed by atoms with van der Waals surface area (Å²) in [5, 5.41) is 0.360. The predicted molar refractivity (Wildman–Crippen MR) is 201 cm³/mol. The lowest BCUT2D eigenvalue weighted by molar-refractivity contribution is -0.238. The van der Waals surface area contributed by atoms with Gasteiger partial charge in [0, 0.05) is 11.5 Å². The van der Waals surface area contributed by atoms with Crippen LogP contribution in [0.1, 0.15) is 113 Å². The second-order valence-electron chi connectivity index (χ2n) is 20.6. The van der Waals surface area contributed by atoms with Crippen LogP contribution in [0.15, 0.2) is 30.3 Å². The lowest BCUT2D eigenvalue weighted by atomic mass is 9.43. The summed E-state index contributed by atoms with van der Waals surface area (Å²) in [5.41, 5.74) is 1.37. The summed E-state index contributed by atoms with van der Waals surface area (Å²) in [4.78, 5) is 0. The molecule has 0 bridgehead atoms. The zero-order valence-electron chi connectivity index (χ0n) is 33.1. The van der Waals surface area contributed by atoms with Crippen LogP contribution in [-0.2, 0) is 29.7 Å². The van der Waals surface area contributed by atoms with Crippen molar-refractivity contribution in [3.8, 4) is 0 Å². The van der Waals surface area contributed by atoms with Crippen molar-refractivity contribution >= 4 is 16.6 Å². The minimum absolute atomic E-state index is 0.0304. The van der Waals surface area contributed by atoms with Crippen LogP contribution in [-0.4, -0.2) is 52.9 Å². The summed E-state index contributed by atoms with van der Waals surface area (Å²) >= 11 is 0. The molecule has 11 atom stereocenters. The molecule has 1 saturated heterocycles. The highest BCUT2D eigenvalue weighted by Crippen LogP contribution is 2.69. The topological polar surface area (TPSA) is 46.2 Å². The van der Waals surface area contributed by atoms with Crippen molar-refractivity contribution in [1.82, 2.24) is 0 Å². The Balaban J connectivity index is 1.38. The predicted octanol–water partition coefficient (Wildman–Crippen LogP) is 10.7. The standard InChI is InChI=1S/C41H70O5Si2/c1-37(2,3)47(11,12)45-28-24-31-35-36(44-39(7,8)43-35)34-29-20-21-32(46-48(13,14)38(4,5)6)40(29,9)23-22-30(34)41(31,10)33(25-28)42-26-27-18-16-15-17-19-27/h15-19,28-36H,20-26H2,1-14H3/t28-,29?,30?,31?,32+,33+,34?,35-,36-,40+,41-/m1/s1. The van der Waals surface area contributed by atoms with E-state index in [9.17, 15) is 0 Å². The van der Waals surface area contributed by atoms with Crippen LogP contribution in [0.2, 0.25) is 36.3 Å². The van der Waals surface area contributed by atoms with E-state index >= 15 is 0 Å². The number of ether oxygens (including phenoxy) is 3. The van der Waals surface area contributed by atoms with Crippen molar-refractivity contribution in [3.05, 3.63) is 35.9 Å². The zero-order chi connectivity index (χ0) is 35.3. The molecule has 0 aromatic heterocycles. The third kappa shape index (κ3) is 6.29. The molecule has 0 radical (unpaired) electrons. The maximum Gasteiger partial charge on any atom is 0.192 e. The first-order valence-electron chi connectivity index (χ1n) is 19.4. The van der Waals surface area contributed by atoms with E-state index < -0.39 is 22.4 Å². The van der Waals surface area contributed by atoms with E-state index in [0.717, 1.165) is 19.3 Å². The summed E-state index contributed by atoms with van der Waals surface area (Å²) in [7, 11) is -3.90. The first kappa shape index (κ1) is 37.2. The Labute approximate surface area is 296 Å². The van der Waals surface area contributed by atoms with E-state index in [1.165, 1.54) is 24.8 Å². The van der Waals surface area contributed by atoms with Gasteiger partial charge in [0.25, 0.3) is 0 Å². The summed E-state index contributed by atoms with van der Waals surface area (Å²) in [6, 6.07) is 10.8. The fourth-order valence-electron chi connectivity index (χ4n) is 10.6. The lowest BCUT2D eigenvalue weighted by Gasteiger charge is -2.65. The van der Waals surface area contributed by atoms with Gasteiger partial charge in [-0.15, -0.1) is 0 Å². The van der Waals surface area contributed by atoms with Crippen LogP contribution >= 0.6 is 0 Å². The van der Waals surface area contributed by atoms with Crippen molar-refractivity contribution in [2.24, 2.45) is 34.5 Å². The fourth-order valence-corrected chi connectivity index (χ4v) is 13.4. The normalized spacial score (nSPS) is 41.3. The molecule has 7 heteroatoms. The molecule has 6 rings (SSSR count). The number of rotatable bonds is 7. The Morgan fingerprint density at radius 1 is 0.708 bits per heavy atom. The highest BCUT2D eigenvalue weighted by molar-refractivity contribution is 6.74. The molecule has 48 heavy (non-hydrogen) atoms. The molecule has 4 saturated carbocycles. The van der Waals surface area contributed by atoms with Crippen LogP contribution in [0.25, 0.3) is 0 Å². The summed E-state index contributed by atoms with van der Waals surface area (Å²) < 4.78 is 36.0. The van der Waals surface area contributed by atoms with Gasteiger partial charge in [-0.25, -0.2) is 0 Å². The van der Waals surface area contributed by atoms with Crippen LogP contribution in [0.5, 0.6) is 0 Å². The second kappa shape index (κ2) is 12.3. The van der Waals surface area contributed by atoms with Gasteiger partial charge in [-0.05, 0) is 123 Å². The molecule has 4 aliphatic carbocycles. The van der Waals surface area contributed by atoms with Gasteiger partial charge in [0.1, 0.15) is 0 Å². The van der Waals surface area contributed by atoms with Crippen LogP contribution < -0.4 is 0 Å². The van der Waals surface area contributed by atoms with Crippen molar-refractivity contribution in [2.45, 2.75) is 187 Å². The van der Waals surface area contributed by atoms with E-state index in [0.29, 0.717) is 36.4 Å². The Bertz CT molecular complexity index is 1300. The van der Waals surface area contributed by atoms with Gasteiger partial charge in [-0.3, -0.25) is 0 Å². The number of fused-ring (bicyclic) bond motifs is 8. The van der Waals surface area contributed by atoms with Crippen molar-refractivity contribution in [1.29, 1.82) is 0 Å². The van der Waals surface area contributed by atoms with E-state index in [4.69, 9.17) is 23.1 Å². The molecule has 5 nitrogen and oxygen atoms in total. The van der Waals surface area contributed by atoms with Gasteiger partial charge >= 0.3 is 0 Å². The molecule has 272 valence electrons. The first-order chi connectivity index (χ1) is 22.0. The molecule has 0 N–H and O–H groups in total. The average molecular weight is 699 g/mol. The van der Waals surface area contributed by atoms with Gasteiger partial charge in [0.2, 0.25) is 0 Å². The van der Waals surface area contributed by atoms with Gasteiger partial charge in [0.05, 0.1) is 31.0 Å². The molecular weight excluding hydrogens is 629 g/mol. The minimum Gasteiger partial charge on any atom is -0.414 e. The molecule has 5 aliphatic rings. The average Bonchev–Trinajstić information content (AvgIpc) is 3.46. The monoisotopic (exact) mass is 698 g/mol. The first-order valence-corrected chi connectivity index (χ1v) is 25.2. The van der Waals surface area contributed by atoms with Crippen LogP contribution in [0.4, 0.5) is 0 Å². The van der Waals surface area contributed by atoms with Crippen molar-refractivity contribution in [3.63, 3.8) is 0 Å². The molecule has 1 aromatic rings. The Kier molecular flexibility index (Phi) is 9.51. The summed E-state index contributed by atoms with van der Waals surface area (Å²) in [6.07, 6.45) is 7.50. The van der Waals surface area contributed by atoms with E-state index in [-0.39, 0.29) is 45.3 Å². The molecule has 0 amide bonds. The van der Waals surface area contributed by atoms with Gasteiger partial charge in [0.15, 0.2) is 22.4 Å². The molecule has 1 heterocycles. The van der Waals surface area contributed by atoms with E-state index in [1.54, 1.807) is 0 Å². The Hall–Kier alpha value is -0.546. The molecule has 4 unspecified atom stereocenters. The number of benzene rings is 1. The van der Waals surface area contributed by atoms with Gasteiger partial charge in [-0.2, -0.15) is 0 Å².